The highest BCUT2D eigenvalue weighted by Crippen LogP contribution is 1.98. The zero-order valence-electron chi connectivity index (χ0n) is 5.51. The maximum Gasteiger partial charge on any atom is 0.248 e. The smallest absolute Gasteiger partial charge is 0.248 e. The van der Waals surface area contributed by atoms with Crippen molar-refractivity contribution in [3.63, 3.8) is 0 Å². The number of nitrogens with zero attached hydrogens (tertiary/aromatic N) is 1. The molecule has 10 heavy (non-hydrogen) atoms. The second-order valence-corrected chi connectivity index (χ2v) is 2.01. The first kappa shape index (κ1) is 6.56. The highest BCUT2D eigenvalue weighted by Gasteiger charge is 1.94. The number of rotatable bonds is 0. The molecule has 1 aromatic heterocycles. The summed E-state index contributed by atoms with van der Waals surface area (Å²) in [6.07, 6.45) is 1.41. The van der Waals surface area contributed by atoms with Crippen LogP contribution in [0.4, 0.5) is 0 Å². The number of hydrogen-bond donors (Lipinski definition) is 1. The summed E-state index contributed by atoms with van der Waals surface area (Å²) in [4.78, 5) is 13.0. The molecule has 0 aromatic carbocycles. The van der Waals surface area contributed by atoms with E-state index in [2.05, 4.69) is 4.98 Å². The van der Waals surface area contributed by atoms with Crippen LogP contribution >= 0.6 is 0 Å². The fourth-order valence-electron chi connectivity index (χ4n) is 0.694. The molecule has 0 aliphatic rings. The average molecular weight is 134 g/mol. The van der Waals surface area contributed by atoms with Gasteiger partial charge >= 0.3 is 0 Å². The first-order valence-corrected chi connectivity index (χ1v) is 2.83. The summed E-state index contributed by atoms with van der Waals surface area (Å²) >= 11 is 0. The van der Waals surface area contributed by atoms with E-state index < -0.39 is 0 Å². The van der Waals surface area contributed by atoms with E-state index in [1.165, 1.54) is 12.3 Å². The van der Waals surface area contributed by atoms with Gasteiger partial charge in [0, 0.05) is 12.3 Å². The number of nitriles is 1. The maximum absolute atomic E-state index is 10.6. The Morgan fingerprint density at radius 3 is 2.90 bits per heavy atom. The number of aromatic amines is 1. The topological polar surface area (TPSA) is 56.6 Å². The van der Waals surface area contributed by atoms with Crippen molar-refractivity contribution in [2.75, 3.05) is 0 Å². The largest absolute Gasteiger partial charge is 0.328 e. The Kier molecular flexibility index (Phi) is 1.55. The van der Waals surface area contributed by atoms with Crippen molar-refractivity contribution >= 4 is 0 Å². The van der Waals surface area contributed by atoms with Crippen LogP contribution in [0.25, 0.3) is 0 Å². The molecule has 0 radical (unpaired) electrons. The summed E-state index contributed by atoms with van der Waals surface area (Å²) in [7, 11) is 0. The molecule has 0 bridgehead atoms. The van der Waals surface area contributed by atoms with Crippen molar-refractivity contribution in [3.8, 4) is 6.07 Å². The number of H-pyrrole nitrogens is 1. The van der Waals surface area contributed by atoms with Gasteiger partial charge in [-0.15, -0.1) is 0 Å². The third-order valence-corrected chi connectivity index (χ3v) is 1.25. The van der Waals surface area contributed by atoms with Crippen LogP contribution in [0.5, 0.6) is 0 Å². The van der Waals surface area contributed by atoms with E-state index in [4.69, 9.17) is 5.26 Å². The van der Waals surface area contributed by atoms with Crippen LogP contribution in [0.3, 0.4) is 0 Å². The lowest BCUT2D eigenvalue weighted by Crippen LogP contribution is -2.04. The first-order valence-electron chi connectivity index (χ1n) is 2.83. The van der Waals surface area contributed by atoms with Crippen LogP contribution in [-0.2, 0) is 0 Å². The fraction of sp³-hybridized carbons (Fsp3) is 0.143. The van der Waals surface area contributed by atoms with Crippen molar-refractivity contribution in [1.29, 1.82) is 5.26 Å². The van der Waals surface area contributed by atoms with Gasteiger partial charge in [-0.25, -0.2) is 0 Å². The highest BCUT2D eigenvalue weighted by molar-refractivity contribution is 5.32. The molecule has 0 amide bonds. The van der Waals surface area contributed by atoms with Crippen molar-refractivity contribution in [2.45, 2.75) is 6.92 Å². The molecule has 1 aromatic rings. The van der Waals surface area contributed by atoms with E-state index in [0.29, 0.717) is 11.1 Å². The highest BCUT2D eigenvalue weighted by atomic mass is 16.1. The number of nitrogens with one attached hydrogen (secondary N) is 1. The SMILES string of the molecule is Cc1cc(=O)[nH]cc1C#N. The molecule has 50 valence electrons. The van der Waals surface area contributed by atoms with Gasteiger partial charge in [0.25, 0.3) is 0 Å². The molecule has 0 aliphatic carbocycles. The number of hydrogen-bond acceptors (Lipinski definition) is 2. The second kappa shape index (κ2) is 2.36. The van der Waals surface area contributed by atoms with E-state index in [1.54, 1.807) is 6.92 Å². The van der Waals surface area contributed by atoms with Gasteiger partial charge in [0.05, 0.1) is 5.56 Å². The van der Waals surface area contributed by atoms with Gasteiger partial charge in [-0.1, -0.05) is 0 Å². The predicted molar refractivity (Wildman–Crippen MR) is 36.5 cm³/mol. The molecule has 1 heterocycles. The molecule has 0 spiro atoms. The minimum Gasteiger partial charge on any atom is -0.328 e. The van der Waals surface area contributed by atoms with Crippen molar-refractivity contribution in [3.05, 3.63) is 33.7 Å². The summed E-state index contributed by atoms with van der Waals surface area (Å²) in [6, 6.07) is 3.35. The quantitative estimate of drug-likeness (QED) is 0.563. The van der Waals surface area contributed by atoms with E-state index >= 15 is 0 Å². The molecule has 0 saturated heterocycles. The monoisotopic (exact) mass is 134 g/mol. The Hall–Kier alpha value is -1.56. The maximum atomic E-state index is 10.6. The van der Waals surface area contributed by atoms with Gasteiger partial charge in [0.1, 0.15) is 6.07 Å². The van der Waals surface area contributed by atoms with Crippen LogP contribution in [0.2, 0.25) is 0 Å². The molecule has 0 unspecified atom stereocenters. The summed E-state index contributed by atoms with van der Waals surface area (Å²) < 4.78 is 0. The molecule has 0 atom stereocenters. The van der Waals surface area contributed by atoms with Gasteiger partial charge in [-0.05, 0) is 12.5 Å². The standard InChI is InChI=1S/C7H6N2O/c1-5-2-7(10)9-4-6(5)3-8/h2,4H,1H3,(H,9,10). The first-order chi connectivity index (χ1) is 4.74. The summed E-state index contributed by atoms with van der Waals surface area (Å²) in [6.45, 7) is 1.73. The molecule has 3 nitrogen and oxygen atoms in total. The Morgan fingerprint density at radius 2 is 2.40 bits per heavy atom. The zero-order chi connectivity index (χ0) is 7.56. The Labute approximate surface area is 57.9 Å². The molecule has 1 rings (SSSR count). The summed E-state index contributed by atoms with van der Waals surface area (Å²) in [5, 5.41) is 8.44. The van der Waals surface area contributed by atoms with Crippen LogP contribution in [0.1, 0.15) is 11.1 Å². The van der Waals surface area contributed by atoms with Crippen molar-refractivity contribution < 1.29 is 0 Å². The number of aryl methyl sites for hydroxylation is 1. The van der Waals surface area contributed by atoms with Crippen LogP contribution in [0, 0.1) is 18.3 Å². The number of pyridine rings is 1. The average Bonchev–Trinajstić information content (AvgIpc) is 1.88. The Balaban J connectivity index is 3.37. The molecule has 0 aliphatic heterocycles. The van der Waals surface area contributed by atoms with Gasteiger partial charge in [-0.3, -0.25) is 4.79 Å². The summed E-state index contributed by atoms with van der Waals surface area (Å²) in [5.41, 5.74) is 1.06. The molecule has 0 saturated carbocycles. The fourth-order valence-corrected chi connectivity index (χ4v) is 0.694. The van der Waals surface area contributed by atoms with Crippen molar-refractivity contribution in [2.24, 2.45) is 0 Å². The lowest BCUT2D eigenvalue weighted by molar-refractivity contribution is 1.19. The molecular weight excluding hydrogens is 128 g/mol. The van der Waals surface area contributed by atoms with E-state index in [-0.39, 0.29) is 5.56 Å². The minimum absolute atomic E-state index is 0.170. The normalized spacial score (nSPS) is 8.80. The third kappa shape index (κ3) is 1.06. The Bertz CT molecular complexity index is 332. The van der Waals surface area contributed by atoms with E-state index in [9.17, 15) is 4.79 Å². The molecule has 3 heteroatoms. The molecular formula is C7H6N2O. The predicted octanol–water partition coefficient (Wildman–Crippen LogP) is 0.555. The second-order valence-electron chi connectivity index (χ2n) is 2.01. The minimum atomic E-state index is -0.170. The zero-order valence-corrected chi connectivity index (χ0v) is 5.51. The van der Waals surface area contributed by atoms with Gasteiger partial charge in [0.2, 0.25) is 5.56 Å². The van der Waals surface area contributed by atoms with E-state index in [0.717, 1.165) is 0 Å². The lowest BCUT2D eigenvalue weighted by atomic mass is 10.2. The van der Waals surface area contributed by atoms with Crippen LogP contribution in [-0.4, -0.2) is 4.98 Å². The summed E-state index contributed by atoms with van der Waals surface area (Å²) in [5.74, 6) is 0. The van der Waals surface area contributed by atoms with Crippen molar-refractivity contribution in [1.82, 2.24) is 4.98 Å². The molecule has 1 N–H and O–H groups in total. The van der Waals surface area contributed by atoms with Gasteiger partial charge < -0.3 is 4.98 Å². The van der Waals surface area contributed by atoms with Crippen LogP contribution in [0.15, 0.2) is 17.1 Å². The van der Waals surface area contributed by atoms with Gasteiger partial charge in [0.15, 0.2) is 0 Å². The third-order valence-electron chi connectivity index (χ3n) is 1.25. The van der Waals surface area contributed by atoms with Crippen LogP contribution < -0.4 is 5.56 Å². The number of aromatic nitrogens is 1. The van der Waals surface area contributed by atoms with E-state index in [1.807, 2.05) is 6.07 Å². The molecule has 0 fully saturated rings. The lowest BCUT2D eigenvalue weighted by Gasteiger charge is -1.91. The Morgan fingerprint density at radius 1 is 1.70 bits per heavy atom. The van der Waals surface area contributed by atoms with Gasteiger partial charge in [-0.2, -0.15) is 5.26 Å².